The Morgan fingerprint density at radius 3 is 3.14 bits per heavy atom. The summed E-state index contributed by atoms with van der Waals surface area (Å²) in [6, 6.07) is 1.64. The van der Waals surface area contributed by atoms with Gasteiger partial charge in [-0.1, -0.05) is 0 Å². The second-order valence-electron chi connectivity index (χ2n) is 2.65. The summed E-state index contributed by atoms with van der Waals surface area (Å²) in [5.41, 5.74) is 0.0929. The van der Waals surface area contributed by atoms with Crippen LogP contribution in [0.4, 0.5) is 0 Å². The minimum atomic E-state index is -0.694. The van der Waals surface area contributed by atoms with Crippen LogP contribution in [0.5, 0.6) is 5.75 Å². The second kappa shape index (κ2) is 3.02. The number of aromatic nitrogens is 1. The Balaban J connectivity index is 2.67. The van der Waals surface area contributed by atoms with Gasteiger partial charge in [0.1, 0.15) is 0 Å². The molecule has 2 aromatic rings. The Bertz CT molecular complexity index is 489. The number of nitrogens with zero attached hydrogens (tertiary/aromatic N) is 1. The van der Waals surface area contributed by atoms with E-state index in [0.717, 1.165) is 0 Å². The van der Waals surface area contributed by atoms with E-state index in [1.807, 2.05) is 0 Å². The van der Waals surface area contributed by atoms with Crippen molar-refractivity contribution < 1.29 is 19.1 Å². The zero-order valence-electron chi connectivity index (χ0n) is 7.35. The number of carbonyl (C=O) groups is 1. The van der Waals surface area contributed by atoms with Crippen LogP contribution in [-0.4, -0.2) is 23.2 Å². The van der Waals surface area contributed by atoms with Gasteiger partial charge in [-0.25, -0.2) is 9.78 Å². The van der Waals surface area contributed by atoms with E-state index >= 15 is 0 Å². The number of pyridine rings is 1. The first-order valence-electron chi connectivity index (χ1n) is 3.87. The van der Waals surface area contributed by atoms with E-state index in [1.54, 1.807) is 6.07 Å². The van der Waals surface area contributed by atoms with Crippen molar-refractivity contribution in [1.82, 2.24) is 4.98 Å². The van der Waals surface area contributed by atoms with Crippen LogP contribution in [0.3, 0.4) is 0 Å². The highest BCUT2D eigenvalue weighted by Crippen LogP contribution is 2.27. The summed E-state index contributed by atoms with van der Waals surface area (Å²) >= 11 is 0. The summed E-state index contributed by atoms with van der Waals surface area (Å²) in [5, 5.41) is 10.2. The SMILES string of the molecule is COC(=O)c1ncc2ccoc2c1O. The molecule has 0 bridgehead atoms. The molecule has 72 valence electrons. The van der Waals surface area contributed by atoms with Gasteiger partial charge in [0, 0.05) is 11.6 Å². The monoisotopic (exact) mass is 193 g/mol. The fraction of sp³-hybridized carbons (Fsp3) is 0.111. The first-order valence-corrected chi connectivity index (χ1v) is 3.87. The number of hydrogen-bond donors (Lipinski definition) is 1. The van der Waals surface area contributed by atoms with E-state index in [2.05, 4.69) is 9.72 Å². The largest absolute Gasteiger partial charge is 0.503 e. The maximum atomic E-state index is 11.1. The van der Waals surface area contributed by atoms with Gasteiger partial charge in [0.2, 0.25) is 0 Å². The van der Waals surface area contributed by atoms with Crippen molar-refractivity contribution in [3.8, 4) is 5.75 Å². The molecule has 0 aliphatic carbocycles. The topological polar surface area (TPSA) is 72.6 Å². The lowest BCUT2D eigenvalue weighted by atomic mass is 10.2. The number of esters is 1. The number of rotatable bonds is 1. The lowest BCUT2D eigenvalue weighted by molar-refractivity contribution is 0.0590. The predicted molar refractivity (Wildman–Crippen MR) is 47.0 cm³/mol. The van der Waals surface area contributed by atoms with Crippen molar-refractivity contribution in [2.75, 3.05) is 7.11 Å². The van der Waals surface area contributed by atoms with Crippen LogP contribution >= 0.6 is 0 Å². The van der Waals surface area contributed by atoms with Crippen molar-refractivity contribution in [2.45, 2.75) is 0 Å². The molecule has 1 N–H and O–H groups in total. The van der Waals surface area contributed by atoms with Gasteiger partial charge in [0.15, 0.2) is 17.0 Å². The maximum absolute atomic E-state index is 11.1. The normalized spacial score (nSPS) is 10.4. The van der Waals surface area contributed by atoms with E-state index in [0.29, 0.717) is 5.39 Å². The number of carbonyl (C=O) groups excluding carboxylic acids is 1. The van der Waals surface area contributed by atoms with Crippen LogP contribution in [0.25, 0.3) is 11.0 Å². The first kappa shape index (κ1) is 8.55. The van der Waals surface area contributed by atoms with Crippen LogP contribution in [0.15, 0.2) is 22.9 Å². The minimum Gasteiger partial charge on any atom is -0.503 e. The van der Waals surface area contributed by atoms with Gasteiger partial charge in [-0.3, -0.25) is 0 Å². The van der Waals surface area contributed by atoms with Gasteiger partial charge in [-0.05, 0) is 6.07 Å². The number of furan rings is 1. The van der Waals surface area contributed by atoms with Gasteiger partial charge < -0.3 is 14.3 Å². The van der Waals surface area contributed by atoms with Crippen molar-refractivity contribution in [3.05, 3.63) is 24.2 Å². The fourth-order valence-corrected chi connectivity index (χ4v) is 1.16. The molecule has 0 unspecified atom stereocenters. The molecule has 0 saturated carbocycles. The number of methoxy groups -OCH3 is 1. The molecule has 0 aliphatic rings. The third-order valence-corrected chi connectivity index (χ3v) is 1.85. The summed E-state index contributed by atoms with van der Waals surface area (Å²) < 4.78 is 9.43. The molecule has 0 saturated heterocycles. The third kappa shape index (κ3) is 1.10. The van der Waals surface area contributed by atoms with Gasteiger partial charge in [-0.15, -0.1) is 0 Å². The Kier molecular flexibility index (Phi) is 1.85. The predicted octanol–water partition coefficient (Wildman–Crippen LogP) is 1.32. The molecule has 5 nitrogen and oxygen atoms in total. The highest BCUT2D eigenvalue weighted by atomic mass is 16.5. The van der Waals surface area contributed by atoms with Crippen molar-refractivity contribution in [1.29, 1.82) is 0 Å². The van der Waals surface area contributed by atoms with Crippen LogP contribution in [0.2, 0.25) is 0 Å². The van der Waals surface area contributed by atoms with E-state index in [-0.39, 0.29) is 17.0 Å². The van der Waals surface area contributed by atoms with Crippen molar-refractivity contribution in [2.24, 2.45) is 0 Å². The molecule has 0 fully saturated rings. The number of ether oxygens (including phenoxy) is 1. The first-order chi connectivity index (χ1) is 6.74. The van der Waals surface area contributed by atoms with Crippen molar-refractivity contribution in [3.63, 3.8) is 0 Å². The zero-order valence-corrected chi connectivity index (χ0v) is 7.35. The summed E-state index contributed by atoms with van der Waals surface area (Å²) in [7, 11) is 1.22. The zero-order chi connectivity index (χ0) is 10.1. The summed E-state index contributed by atoms with van der Waals surface area (Å²) in [6.07, 6.45) is 2.85. The van der Waals surface area contributed by atoms with Gasteiger partial charge in [0.05, 0.1) is 13.4 Å². The Labute approximate surface area is 78.9 Å². The molecule has 0 radical (unpaired) electrons. The fourth-order valence-electron chi connectivity index (χ4n) is 1.16. The Morgan fingerprint density at radius 2 is 2.43 bits per heavy atom. The summed E-state index contributed by atoms with van der Waals surface area (Å²) in [5.74, 6) is -0.986. The van der Waals surface area contributed by atoms with Crippen LogP contribution in [0, 0.1) is 0 Å². The highest BCUT2D eigenvalue weighted by molar-refractivity contribution is 5.96. The second-order valence-corrected chi connectivity index (χ2v) is 2.65. The Morgan fingerprint density at radius 1 is 1.64 bits per heavy atom. The molecule has 0 atom stereocenters. The van der Waals surface area contributed by atoms with Crippen molar-refractivity contribution >= 4 is 16.9 Å². The van der Waals surface area contributed by atoms with E-state index in [9.17, 15) is 9.90 Å². The van der Waals surface area contributed by atoms with Crippen LogP contribution in [0.1, 0.15) is 10.5 Å². The molecular weight excluding hydrogens is 186 g/mol. The average molecular weight is 193 g/mol. The molecule has 0 aromatic carbocycles. The summed E-state index contributed by atoms with van der Waals surface area (Å²) in [6.45, 7) is 0. The molecule has 5 heteroatoms. The van der Waals surface area contributed by atoms with Gasteiger partial charge in [-0.2, -0.15) is 0 Å². The smallest absolute Gasteiger partial charge is 0.360 e. The van der Waals surface area contributed by atoms with Crippen LogP contribution in [-0.2, 0) is 4.74 Å². The highest BCUT2D eigenvalue weighted by Gasteiger charge is 2.17. The third-order valence-electron chi connectivity index (χ3n) is 1.85. The average Bonchev–Trinajstić information content (AvgIpc) is 2.66. The lowest BCUT2D eigenvalue weighted by Gasteiger charge is -2.00. The van der Waals surface area contributed by atoms with Gasteiger partial charge in [0.25, 0.3) is 0 Å². The number of fused-ring (bicyclic) bond motifs is 1. The maximum Gasteiger partial charge on any atom is 0.360 e. The molecular formula is C9H7NO4. The quantitative estimate of drug-likeness (QED) is 0.691. The molecule has 0 spiro atoms. The van der Waals surface area contributed by atoms with Gasteiger partial charge >= 0.3 is 5.97 Å². The Hall–Kier alpha value is -2.04. The minimum absolute atomic E-state index is 0.144. The number of hydrogen-bond acceptors (Lipinski definition) is 5. The number of aromatic hydroxyl groups is 1. The van der Waals surface area contributed by atoms with E-state index in [4.69, 9.17) is 4.42 Å². The van der Waals surface area contributed by atoms with E-state index in [1.165, 1.54) is 19.6 Å². The summed E-state index contributed by atoms with van der Waals surface area (Å²) in [4.78, 5) is 14.9. The molecule has 0 aliphatic heterocycles. The molecule has 2 aromatic heterocycles. The molecule has 2 heterocycles. The molecule has 0 amide bonds. The van der Waals surface area contributed by atoms with E-state index < -0.39 is 5.97 Å². The standard InChI is InChI=1S/C9H7NO4/c1-13-9(12)6-7(11)8-5(4-10-6)2-3-14-8/h2-4,11H,1H3. The molecule has 14 heavy (non-hydrogen) atoms. The lowest BCUT2D eigenvalue weighted by Crippen LogP contribution is -2.04. The molecule has 2 rings (SSSR count). The van der Waals surface area contributed by atoms with Crippen LogP contribution < -0.4 is 0 Å².